The van der Waals surface area contributed by atoms with E-state index in [1.807, 2.05) is 30.3 Å². The molecule has 0 aliphatic heterocycles. The number of hydrogen-bond acceptors (Lipinski definition) is 5. The molecule has 3 rings (SSSR count). The fourth-order valence-electron chi connectivity index (χ4n) is 2.48. The van der Waals surface area contributed by atoms with E-state index < -0.39 is 5.69 Å². The van der Waals surface area contributed by atoms with E-state index in [-0.39, 0.29) is 29.5 Å². The number of rotatable bonds is 4. The molecule has 2 aromatic heterocycles. The molecule has 0 radical (unpaired) electrons. The Bertz CT molecular complexity index is 1050. The largest absolute Gasteiger partial charge is 0.378 e. The first kappa shape index (κ1) is 20.2. The Kier molecular flexibility index (Phi) is 6.64. The highest BCUT2D eigenvalue weighted by Gasteiger charge is 2.14. The number of amidine groups is 1. The zero-order valence-electron chi connectivity index (χ0n) is 14.3. The summed E-state index contributed by atoms with van der Waals surface area (Å²) in [6.07, 6.45) is 1.57. The first-order chi connectivity index (χ1) is 12.0. The van der Waals surface area contributed by atoms with Crippen LogP contribution in [0.5, 0.6) is 0 Å². The highest BCUT2D eigenvalue weighted by atomic mass is 127. The van der Waals surface area contributed by atoms with Gasteiger partial charge in [0.05, 0.1) is 12.0 Å². The fraction of sp³-hybridized carbons (Fsp3) is 0.250. The molecule has 2 heterocycles. The highest BCUT2D eigenvalue weighted by molar-refractivity contribution is 14.0. The lowest BCUT2D eigenvalue weighted by molar-refractivity contribution is 0.700. The molecular formula is C16H19IN6O2S. The molecule has 8 nitrogen and oxygen atoms in total. The lowest BCUT2D eigenvalue weighted by Gasteiger charge is -2.06. The number of fused-ring (bicyclic) bond motifs is 1. The van der Waals surface area contributed by atoms with Gasteiger partial charge in [0, 0.05) is 26.4 Å². The minimum Gasteiger partial charge on any atom is -0.378 e. The van der Waals surface area contributed by atoms with Gasteiger partial charge in [0.15, 0.2) is 16.3 Å². The third kappa shape index (κ3) is 4.01. The smallest absolute Gasteiger partial charge is 0.332 e. The predicted molar refractivity (Wildman–Crippen MR) is 116 cm³/mol. The minimum absolute atomic E-state index is 0. The van der Waals surface area contributed by atoms with Crippen LogP contribution in [0, 0.1) is 0 Å². The van der Waals surface area contributed by atoms with Crippen molar-refractivity contribution in [2.24, 2.45) is 24.8 Å². The molecule has 0 aliphatic rings. The van der Waals surface area contributed by atoms with E-state index in [1.54, 1.807) is 17.9 Å². The van der Waals surface area contributed by atoms with Crippen molar-refractivity contribution in [1.29, 1.82) is 0 Å². The van der Waals surface area contributed by atoms with Gasteiger partial charge in [-0.3, -0.25) is 13.9 Å². The summed E-state index contributed by atoms with van der Waals surface area (Å²) in [6, 6.07) is 9.46. The minimum atomic E-state index is -0.392. The zero-order chi connectivity index (χ0) is 18.0. The zero-order valence-corrected chi connectivity index (χ0v) is 17.5. The molecule has 26 heavy (non-hydrogen) atoms. The molecule has 0 fully saturated rings. The van der Waals surface area contributed by atoms with E-state index in [1.165, 1.54) is 23.4 Å². The van der Waals surface area contributed by atoms with Crippen LogP contribution < -0.4 is 17.0 Å². The maximum atomic E-state index is 12.4. The summed E-state index contributed by atoms with van der Waals surface area (Å²) in [6.45, 7) is 0.527. The van der Waals surface area contributed by atoms with E-state index >= 15 is 0 Å². The van der Waals surface area contributed by atoms with E-state index in [2.05, 4.69) is 9.98 Å². The standard InChI is InChI=1S/C16H18N6O2S.HI/c1-20-13-12(14(23)21(2)16(20)24)22(10-18-13)8-9-25-15(17)19-11-6-4-3-5-7-11;/h3-7,10H,8-9H2,1-2H3,(H2,17,19);1H. The van der Waals surface area contributed by atoms with Crippen molar-refractivity contribution in [2.75, 3.05) is 5.75 Å². The Hall–Kier alpha value is -2.08. The van der Waals surface area contributed by atoms with Gasteiger partial charge in [-0.25, -0.2) is 14.8 Å². The summed E-state index contributed by atoms with van der Waals surface area (Å²) < 4.78 is 4.18. The average molecular weight is 486 g/mol. The first-order valence-electron chi connectivity index (χ1n) is 7.62. The second-order valence-electron chi connectivity index (χ2n) is 5.45. The predicted octanol–water partition coefficient (Wildman–Crippen LogP) is 1.43. The van der Waals surface area contributed by atoms with E-state index in [9.17, 15) is 9.59 Å². The van der Waals surface area contributed by atoms with Crippen LogP contribution in [-0.4, -0.2) is 29.6 Å². The number of nitrogens with zero attached hydrogens (tertiary/aromatic N) is 5. The third-order valence-electron chi connectivity index (χ3n) is 3.79. The van der Waals surface area contributed by atoms with Gasteiger partial charge in [-0.05, 0) is 12.1 Å². The topological polar surface area (TPSA) is 100 Å². The summed E-state index contributed by atoms with van der Waals surface area (Å²) in [7, 11) is 3.06. The second kappa shape index (κ2) is 8.54. The molecular weight excluding hydrogens is 467 g/mol. The van der Waals surface area contributed by atoms with Crippen molar-refractivity contribution >= 4 is 57.8 Å². The van der Waals surface area contributed by atoms with E-state index in [4.69, 9.17) is 5.73 Å². The molecule has 0 spiro atoms. The number of imidazole rings is 1. The highest BCUT2D eigenvalue weighted by Crippen LogP contribution is 2.13. The molecule has 1 aromatic carbocycles. The van der Waals surface area contributed by atoms with Gasteiger partial charge in [0.1, 0.15) is 0 Å². The second-order valence-corrected chi connectivity index (χ2v) is 6.57. The molecule has 10 heteroatoms. The number of hydrogen-bond donors (Lipinski definition) is 1. The summed E-state index contributed by atoms with van der Waals surface area (Å²) in [5.41, 5.74) is 6.77. The molecule has 0 saturated heterocycles. The maximum absolute atomic E-state index is 12.4. The molecule has 0 aliphatic carbocycles. The summed E-state index contributed by atoms with van der Waals surface area (Å²) in [5.74, 6) is 0.625. The Balaban J connectivity index is 0.00000243. The van der Waals surface area contributed by atoms with Crippen molar-refractivity contribution in [3.05, 3.63) is 57.5 Å². The number of thioether (sulfide) groups is 1. The van der Waals surface area contributed by atoms with Gasteiger partial charge in [0.2, 0.25) is 0 Å². The molecule has 0 saturated carbocycles. The number of aliphatic imine (C=N–C) groups is 1. The van der Waals surface area contributed by atoms with Gasteiger partial charge >= 0.3 is 5.69 Å². The first-order valence-corrected chi connectivity index (χ1v) is 8.60. The van der Waals surface area contributed by atoms with Crippen LogP contribution in [0.4, 0.5) is 5.69 Å². The number of nitrogens with two attached hydrogens (primary N) is 1. The molecule has 0 unspecified atom stereocenters. The van der Waals surface area contributed by atoms with Gasteiger partial charge in [0.25, 0.3) is 5.56 Å². The monoisotopic (exact) mass is 486 g/mol. The lowest BCUT2D eigenvalue weighted by atomic mass is 10.3. The molecule has 2 N–H and O–H groups in total. The number of aromatic nitrogens is 4. The van der Waals surface area contributed by atoms with Crippen molar-refractivity contribution in [2.45, 2.75) is 6.54 Å². The number of aryl methyl sites for hydroxylation is 2. The Labute approximate surface area is 170 Å². The van der Waals surface area contributed by atoms with Crippen LogP contribution in [0.2, 0.25) is 0 Å². The van der Waals surface area contributed by atoms with Gasteiger partial charge < -0.3 is 10.3 Å². The van der Waals surface area contributed by atoms with E-state index in [0.717, 1.165) is 10.3 Å². The fourth-order valence-corrected chi connectivity index (χ4v) is 3.14. The van der Waals surface area contributed by atoms with Crippen molar-refractivity contribution in [3.8, 4) is 0 Å². The summed E-state index contributed by atoms with van der Waals surface area (Å²) in [4.78, 5) is 32.8. The summed E-state index contributed by atoms with van der Waals surface area (Å²) in [5, 5.41) is 0.455. The van der Waals surface area contributed by atoms with Gasteiger partial charge in [-0.1, -0.05) is 30.0 Å². The van der Waals surface area contributed by atoms with Crippen LogP contribution in [-0.2, 0) is 20.6 Å². The van der Waals surface area contributed by atoms with Gasteiger partial charge in [-0.2, -0.15) is 0 Å². The Morgan fingerprint density at radius 1 is 1.19 bits per heavy atom. The molecule has 0 bridgehead atoms. The molecule has 0 amide bonds. The Morgan fingerprint density at radius 2 is 1.88 bits per heavy atom. The van der Waals surface area contributed by atoms with Crippen LogP contribution in [0.15, 0.2) is 51.2 Å². The quantitative estimate of drug-likeness (QED) is 0.342. The van der Waals surface area contributed by atoms with Crippen molar-refractivity contribution < 1.29 is 0 Å². The van der Waals surface area contributed by atoms with E-state index in [0.29, 0.717) is 28.6 Å². The normalized spacial score (nSPS) is 11.5. The van der Waals surface area contributed by atoms with Crippen molar-refractivity contribution in [1.82, 2.24) is 18.7 Å². The summed E-state index contributed by atoms with van der Waals surface area (Å²) >= 11 is 1.40. The van der Waals surface area contributed by atoms with Crippen LogP contribution in [0.3, 0.4) is 0 Å². The van der Waals surface area contributed by atoms with Crippen LogP contribution >= 0.6 is 35.7 Å². The lowest BCUT2D eigenvalue weighted by Crippen LogP contribution is -2.37. The number of halogens is 1. The van der Waals surface area contributed by atoms with Crippen LogP contribution in [0.1, 0.15) is 0 Å². The molecule has 0 atom stereocenters. The van der Waals surface area contributed by atoms with Crippen LogP contribution in [0.25, 0.3) is 11.2 Å². The maximum Gasteiger partial charge on any atom is 0.332 e. The number of benzene rings is 1. The molecule has 138 valence electrons. The third-order valence-corrected chi connectivity index (χ3v) is 4.57. The average Bonchev–Trinajstić information content (AvgIpc) is 3.03. The Morgan fingerprint density at radius 3 is 2.58 bits per heavy atom. The van der Waals surface area contributed by atoms with Gasteiger partial charge in [-0.15, -0.1) is 24.0 Å². The SMILES string of the molecule is Cn1c(=O)c2c(ncn2CCSC(N)=Nc2ccccc2)n(C)c1=O.I. The number of para-hydroxylation sites is 1. The van der Waals surface area contributed by atoms with Crippen molar-refractivity contribution in [3.63, 3.8) is 0 Å². The molecule has 3 aromatic rings.